The Hall–Kier alpha value is -1.71. The van der Waals surface area contributed by atoms with Crippen molar-refractivity contribution in [1.82, 2.24) is 14.1 Å². The van der Waals surface area contributed by atoms with E-state index in [4.69, 9.17) is 4.74 Å². The van der Waals surface area contributed by atoms with Gasteiger partial charge in [0.15, 0.2) is 0 Å². The zero-order valence-electron chi connectivity index (χ0n) is 16.7. The molecule has 0 bridgehead atoms. The second kappa shape index (κ2) is 8.20. The normalized spacial score (nSPS) is 24.7. The first-order valence-corrected chi connectivity index (χ1v) is 11.7. The second-order valence-corrected chi connectivity index (χ2v) is 10.0. The maximum Gasteiger partial charge on any atom is 0.246 e. The van der Waals surface area contributed by atoms with Crippen molar-refractivity contribution < 1.29 is 22.3 Å². The first-order valence-electron chi connectivity index (χ1n) is 10.3. The highest BCUT2D eigenvalue weighted by Gasteiger charge is 2.39. The summed E-state index contributed by atoms with van der Waals surface area (Å²) in [6, 6.07) is 3.37. The minimum Gasteiger partial charge on any atom is -0.495 e. The molecule has 0 radical (unpaired) electrons. The second-order valence-electron chi connectivity index (χ2n) is 8.12. The van der Waals surface area contributed by atoms with Crippen molar-refractivity contribution in [3.63, 3.8) is 0 Å². The van der Waals surface area contributed by atoms with Crippen LogP contribution in [0.3, 0.4) is 0 Å². The molecule has 0 spiro atoms. The van der Waals surface area contributed by atoms with Crippen LogP contribution in [0.1, 0.15) is 25.7 Å². The average Bonchev–Trinajstić information content (AvgIpc) is 3.49. The van der Waals surface area contributed by atoms with E-state index >= 15 is 0 Å². The lowest BCUT2D eigenvalue weighted by Crippen LogP contribution is -2.44. The van der Waals surface area contributed by atoms with Crippen LogP contribution in [0, 0.1) is 11.7 Å². The van der Waals surface area contributed by atoms with Gasteiger partial charge in [-0.1, -0.05) is 0 Å². The van der Waals surface area contributed by atoms with Gasteiger partial charge in [0.2, 0.25) is 15.9 Å². The maximum absolute atomic E-state index is 13.7. The molecule has 1 amide bonds. The number of halogens is 1. The number of likely N-dealkylation sites (tertiary alicyclic amines) is 1. The smallest absolute Gasteiger partial charge is 0.246 e. The van der Waals surface area contributed by atoms with E-state index in [1.54, 1.807) is 0 Å². The summed E-state index contributed by atoms with van der Waals surface area (Å²) in [5, 5.41) is 0. The quantitative estimate of drug-likeness (QED) is 0.692. The minimum absolute atomic E-state index is 0.134. The lowest BCUT2D eigenvalue weighted by molar-refractivity contribution is -0.132. The summed E-state index contributed by atoms with van der Waals surface area (Å²) in [4.78, 5) is 16.7. The molecule has 160 valence electrons. The molecule has 4 rings (SSSR count). The molecule has 7 nitrogen and oxygen atoms in total. The minimum atomic E-state index is -3.88. The van der Waals surface area contributed by atoms with Crippen molar-refractivity contribution in [1.29, 1.82) is 0 Å². The molecule has 0 aromatic heterocycles. The molecule has 9 heteroatoms. The van der Waals surface area contributed by atoms with Crippen LogP contribution >= 0.6 is 0 Å². The molecule has 1 aliphatic carbocycles. The van der Waals surface area contributed by atoms with Gasteiger partial charge in [0.05, 0.1) is 13.2 Å². The Balaban J connectivity index is 1.45. The molecule has 0 unspecified atom stereocenters. The van der Waals surface area contributed by atoms with Crippen molar-refractivity contribution >= 4 is 15.9 Å². The molecule has 1 aromatic rings. The number of methoxy groups -OCH3 is 1. The number of sulfonamides is 1. The summed E-state index contributed by atoms with van der Waals surface area (Å²) >= 11 is 0. The topological polar surface area (TPSA) is 70.2 Å². The van der Waals surface area contributed by atoms with Crippen molar-refractivity contribution in [2.24, 2.45) is 5.92 Å². The monoisotopic (exact) mass is 425 g/mol. The number of ether oxygens (including phenoxy) is 1. The number of hydrogen-bond acceptors (Lipinski definition) is 5. The van der Waals surface area contributed by atoms with Gasteiger partial charge in [-0.15, -0.1) is 0 Å². The van der Waals surface area contributed by atoms with Crippen LogP contribution in [0.2, 0.25) is 0 Å². The Morgan fingerprint density at radius 3 is 2.62 bits per heavy atom. The van der Waals surface area contributed by atoms with E-state index in [1.165, 1.54) is 36.4 Å². The molecule has 3 fully saturated rings. The number of hydrogen-bond donors (Lipinski definition) is 0. The highest BCUT2D eigenvalue weighted by atomic mass is 32.2. The first-order chi connectivity index (χ1) is 13.9. The van der Waals surface area contributed by atoms with Crippen LogP contribution in [-0.2, 0) is 14.8 Å². The zero-order valence-corrected chi connectivity index (χ0v) is 17.5. The van der Waals surface area contributed by atoms with Crippen molar-refractivity contribution in [3.05, 3.63) is 24.0 Å². The van der Waals surface area contributed by atoms with Gasteiger partial charge in [-0.05, 0) is 49.8 Å². The highest BCUT2D eigenvalue weighted by molar-refractivity contribution is 7.89. The largest absolute Gasteiger partial charge is 0.495 e. The van der Waals surface area contributed by atoms with E-state index in [9.17, 15) is 17.6 Å². The van der Waals surface area contributed by atoms with E-state index in [1.807, 2.05) is 4.90 Å². The summed E-state index contributed by atoms with van der Waals surface area (Å²) in [5.41, 5.74) is 0. The van der Waals surface area contributed by atoms with Gasteiger partial charge in [-0.25, -0.2) is 12.8 Å². The van der Waals surface area contributed by atoms with Gasteiger partial charge in [0, 0.05) is 39.3 Å². The van der Waals surface area contributed by atoms with E-state index in [2.05, 4.69) is 4.90 Å². The average molecular weight is 426 g/mol. The lowest BCUT2D eigenvalue weighted by atomic mass is 10.2. The Labute approximate surface area is 171 Å². The number of carbonyl (C=O) groups is 1. The van der Waals surface area contributed by atoms with Crippen molar-refractivity contribution in [2.45, 2.75) is 36.6 Å². The summed E-state index contributed by atoms with van der Waals surface area (Å²) in [5.74, 6) is 0.367. The lowest BCUT2D eigenvalue weighted by Gasteiger charge is -2.26. The fourth-order valence-electron chi connectivity index (χ4n) is 4.31. The predicted molar refractivity (Wildman–Crippen MR) is 106 cm³/mol. The Kier molecular flexibility index (Phi) is 5.81. The fraction of sp³-hybridized carbons (Fsp3) is 0.650. The molecule has 3 aliphatic rings. The number of benzene rings is 1. The van der Waals surface area contributed by atoms with Gasteiger partial charge in [-0.3, -0.25) is 9.69 Å². The van der Waals surface area contributed by atoms with Gasteiger partial charge < -0.3 is 9.64 Å². The van der Waals surface area contributed by atoms with Gasteiger partial charge >= 0.3 is 0 Å². The van der Waals surface area contributed by atoms with Crippen molar-refractivity contribution in [3.8, 4) is 5.75 Å². The van der Waals surface area contributed by atoms with Crippen LogP contribution < -0.4 is 4.74 Å². The SMILES string of the molecule is COc1ccc(F)cc1S(=O)(=O)N1CCCN([C@H]2CCN(CC3CC3)C2=O)CC1. The molecular weight excluding hydrogens is 397 g/mol. The third-order valence-electron chi connectivity index (χ3n) is 6.12. The van der Waals surface area contributed by atoms with Gasteiger partial charge in [-0.2, -0.15) is 4.31 Å². The van der Waals surface area contributed by atoms with Crippen molar-refractivity contribution in [2.75, 3.05) is 46.4 Å². The molecular formula is C20H28FN3O4S. The first kappa shape index (κ1) is 20.6. The molecule has 2 aliphatic heterocycles. The van der Waals surface area contributed by atoms with Gasteiger partial charge in [0.25, 0.3) is 0 Å². The molecule has 1 aromatic carbocycles. The van der Waals surface area contributed by atoms with E-state index in [-0.39, 0.29) is 29.1 Å². The number of amides is 1. The third kappa shape index (κ3) is 4.27. The summed E-state index contributed by atoms with van der Waals surface area (Å²) in [6.45, 7) is 3.44. The van der Waals surface area contributed by atoms with Gasteiger partial charge in [0.1, 0.15) is 16.5 Å². The number of carbonyl (C=O) groups excluding carboxylic acids is 1. The summed E-state index contributed by atoms with van der Waals surface area (Å²) < 4.78 is 46.5. The highest BCUT2D eigenvalue weighted by Crippen LogP contribution is 2.32. The molecule has 2 saturated heterocycles. The summed E-state index contributed by atoms with van der Waals surface area (Å²) in [6.07, 6.45) is 3.86. The van der Waals surface area contributed by atoms with Crippen LogP contribution in [0.15, 0.2) is 23.1 Å². The molecule has 2 heterocycles. The zero-order chi connectivity index (χ0) is 20.6. The van der Waals surface area contributed by atoms with E-state index in [0.717, 1.165) is 25.6 Å². The molecule has 29 heavy (non-hydrogen) atoms. The van der Waals surface area contributed by atoms with Crippen LogP contribution in [0.5, 0.6) is 5.75 Å². The Morgan fingerprint density at radius 2 is 1.90 bits per heavy atom. The van der Waals surface area contributed by atoms with Crippen LogP contribution in [0.25, 0.3) is 0 Å². The summed E-state index contributed by atoms with van der Waals surface area (Å²) in [7, 11) is -2.51. The molecule has 1 saturated carbocycles. The van der Waals surface area contributed by atoms with Crippen LogP contribution in [-0.4, -0.2) is 80.9 Å². The fourth-order valence-corrected chi connectivity index (χ4v) is 5.95. The number of rotatable bonds is 6. The third-order valence-corrected chi connectivity index (χ3v) is 8.04. The van der Waals surface area contributed by atoms with Crippen LogP contribution in [0.4, 0.5) is 4.39 Å². The van der Waals surface area contributed by atoms with E-state index in [0.29, 0.717) is 32.0 Å². The Morgan fingerprint density at radius 1 is 1.10 bits per heavy atom. The Bertz CT molecular complexity index is 874. The molecule has 0 N–H and O–H groups in total. The maximum atomic E-state index is 13.7. The molecule has 1 atom stereocenters. The standard InChI is InChI=1S/C20H28FN3O4S/c1-28-18-6-5-16(21)13-19(18)29(26,27)24-9-2-8-22(11-12-24)17-7-10-23(20(17)25)14-15-3-4-15/h5-6,13,15,17H,2-4,7-12,14H2,1H3/t17-/m0/s1. The number of nitrogens with zero attached hydrogens (tertiary/aromatic N) is 3. The predicted octanol–water partition coefficient (Wildman–Crippen LogP) is 1.54. The van der Waals surface area contributed by atoms with E-state index < -0.39 is 15.8 Å².